The smallest absolute Gasteiger partial charge is 0.343 e. The molecule has 0 saturated heterocycles. The third kappa shape index (κ3) is 2.54. The summed E-state index contributed by atoms with van der Waals surface area (Å²) in [6.45, 7) is 0.855. The summed E-state index contributed by atoms with van der Waals surface area (Å²) >= 11 is 0. The average Bonchev–Trinajstić information content (AvgIpc) is 1.99. The van der Waals surface area contributed by atoms with E-state index in [2.05, 4.69) is 4.74 Å². The van der Waals surface area contributed by atoms with E-state index in [0.717, 1.165) is 14.0 Å². The van der Waals surface area contributed by atoms with E-state index in [1.165, 1.54) is 0 Å². The van der Waals surface area contributed by atoms with Crippen LogP contribution in [0.15, 0.2) is 0 Å². The minimum absolute atomic E-state index is 0.855. The number of methoxy groups -OCH3 is 1. The SMILES string of the molecule is COC(=O)C(C)(CC(=O)O)P(=O)(O)O. The van der Waals surface area contributed by atoms with Gasteiger partial charge >= 0.3 is 19.5 Å². The number of carbonyl (C=O) groups is 2. The molecular weight excluding hydrogens is 215 g/mol. The topological polar surface area (TPSA) is 121 Å². The Balaban J connectivity index is 5.16. The molecule has 0 amide bonds. The Morgan fingerprint density at radius 3 is 2.07 bits per heavy atom. The van der Waals surface area contributed by atoms with Gasteiger partial charge in [0, 0.05) is 0 Å². The predicted molar refractivity (Wildman–Crippen MR) is 44.7 cm³/mol. The van der Waals surface area contributed by atoms with E-state index >= 15 is 0 Å². The summed E-state index contributed by atoms with van der Waals surface area (Å²) in [7, 11) is -3.94. The van der Waals surface area contributed by atoms with Gasteiger partial charge in [-0.05, 0) is 6.92 Å². The number of aliphatic carboxylic acids is 1. The van der Waals surface area contributed by atoms with E-state index in [1.807, 2.05) is 0 Å². The molecule has 0 bridgehead atoms. The van der Waals surface area contributed by atoms with Gasteiger partial charge in [0.15, 0.2) is 5.16 Å². The lowest BCUT2D eigenvalue weighted by Crippen LogP contribution is -2.38. The number of hydrogen-bond donors (Lipinski definition) is 3. The van der Waals surface area contributed by atoms with Crippen LogP contribution in [0.1, 0.15) is 13.3 Å². The summed E-state index contributed by atoms with van der Waals surface area (Å²) in [5.41, 5.74) is 0. The molecule has 0 aliphatic heterocycles. The summed E-state index contributed by atoms with van der Waals surface area (Å²) in [5.74, 6) is -2.73. The molecule has 1 unspecified atom stereocenters. The molecule has 0 spiro atoms. The van der Waals surface area contributed by atoms with Gasteiger partial charge in [-0.1, -0.05) is 0 Å². The molecule has 0 aliphatic carbocycles. The van der Waals surface area contributed by atoms with Crippen molar-refractivity contribution in [1.29, 1.82) is 0 Å². The molecule has 0 aliphatic rings. The van der Waals surface area contributed by atoms with E-state index < -0.39 is 31.1 Å². The normalized spacial score (nSPS) is 15.7. The maximum absolute atomic E-state index is 11.0. The molecule has 0 fully saturated rings. The Morgan fingerprint density at radius 1 is 1.43 bits per heavy atom. The number of rotatable bonds is 4. The zero-order chi connectivity index (χ0) is 11.6. The second-order valence-electron chi connectivity index (χ2n) is 2.88. The maximum Gasteiger partial charge on any atom is 0.343 e. The van der Waals surface area contributed by atoms with Crippen LogP contribution in [0, 0.1) is 0 Å². The highest BCUT2D eigenvalue weighted by molar-refractivity contribution is 7.54. The first-order chi connectivity index (χ1) is 6.15. The standard InChI is InChI=1S/C6H11O7P/c1-6(3-4(7)8,5(9)13-2)14(10,11)12/h3H2,1-2H3,(H,7,8)(H2,10,11,12). The minimum atomic E-state index is -4.87. The lowest BCUT2D eigenvalue weighted by Gasteiger charge is -2.25. The van der Waals surface area contributed by atoms with E-state index in [4.69, 9.17) is 14.9 Å². The first-order valence-corrected chi connectivity index (χ1v) is 5.12. The van der Waals surface area contributed by atoms with Gasteiger partial charge in [-0.15, -0.1) is 0 Å². The van der Waals surface area contributed by atoms with E-state index in [1.54, 1.807) is 0 Å². The Hall–Kier alpha value is -0.910. The molecule has 3 N–H and O–H groups in total. The summed E-state index contributed by atoms with van der Waals surface area (Å²) in [4.78, 5) is 39.0. The van der Waals surface area contributed by atoms with E-state index in [-0.39, 0.29) is 0 Å². The fourth-order valence-electron chi connectivity index (χ4n) is 0.808. The lowest BCUT2D eigenvalue weighted by molar-refractivity contribution is -0.149. The maximum atomic E-state index is 11.0. The Morgan fingerprint density at radius 2 is 1.86 bits per heavy atom. The Labute approximate surface area is 79.8 Å². The van der Waals surface area contributed by atoms with Gasteiger partial charge in [0.05, 0.1) is 13.5 Å². The summed E-state index contributed by atoms with van der Waals surface area (Å²) in [5, 5.41) is 6.08. The molecule has 0 heterocycles. The number of esters is 1. The molecule has 0 rings (SSSR count). The summed E-state index contributed by atoms with van der Waals surface area (Å²) in [6, 6.07) is 0. The van der Waals surface area contributed by atoms with Crippen molar-refractivity contribution < 1.29 is 33.8 Å². The molecule has 14 heavy (non-hydrogen) atoms. The fourth-order valence-corrected chi connectivity index (χ4v) is 1.48. The van der Waals surface area contributed by atoms with E-state index in [0.29, 0.717) is 0 Å². The van der Waals surface area contributed by atoms with Crippen LogP contribution in [0.25, 0.3) is 0 Å². The van der Waals surface area contributed by atoms with Crippen LogP contribution in [0.2, 0.25) is 0 Å². The van der Waals surface area contributed by atoms with Gasteiger partial charge in [-0.2, -0.15) is 0 Å². The molecule has 0 radical (unpaired) electrons. The van der Waals surface area contributed by atoms with Gasteiger partial charge in [0.2, 0.25) is 0 Å². The van der Waals surface area contributed by atoms with Crippen LogP contribution in [0.4, 0.5) is 0 Å². The molecule has 82 valence electrons. The minimum Gasteiger partial charge on any atom is -0.481 e. The second kappa shape index (κ2) is 4.08. The van der Waals surface area contributed by atoms with Crippen LogP contribution in [0.5, 0.6) is 0 Å². The zero-order valence-electron chi connectivity index (χ0n) is 7.63. The van der Waals surface area contributed by atoms with E-state index in [9.17, 15) is 14.2 Å². The van der Waals surface area contributed by atoms with Gasteiger partial charge in [-0.3, -0.25) is 14.2 Å². The fraction of sp³-hybridized carbons (Fsp3) is 0.667. The first-order valence-electron chi connectivity index (χ1n) is 3.51. The largest absolute Gasteiger partial charge is 0.481 e. The van der Waals surface area contributed by atoms with Crippen LogP contribution < -0.4 is 0 Å². The van der Waals surface area contributed by atoms with Crippen molar-refractivity contribution in [3.63, 3.8) is 0 Å². The number of carbonyl (C=O) groups excluding carboxylic acids is 1. The van der Waals surface area contributed by atoms with Crippen molar-refractivity contribution in [1.82, 2.24) is 0 Å². The molecule has 0 aromatic heterocycles. The highest BCUT2D eigenvalue weighted by Crippen LogP contribution is 2.52. The predicted octanol–water partition coefficient (Wildman–Crippen LogP) is -0.430. The number of carboxylic acid groups (broad SMARTS) is 1. The third-order valence-corrected chi connectivity index (χ3v) is 3.39. The van der Waals surface area contributed by atoms with Crippen LogP contribution in [-0.2, 0) is 18.9 Å². The monoisotopic (exact) mass is 226 g/mol. The Bertz CT molecular complexity index is 293. The van der Waals surface area contributed by atoms with Gasteiger partial charge in [-0.25, -0.2) is 0 Å². The highest BCUT2D eigenvalue weighted by atomic mass is 31.2. The van der Waals surface area contributed by atoms with Crippen molar-refractivity contribution in [3.8, 4) is 0 Å². The van der Waals surface area contributed by atoms with Crippen molar-refractivity contribution in [3.05, 3.63) is 0 Å². The average molecular weight is 226 g/mol. The number of carboxylic acids is 1. The van der Waals surface area contributed by atoms with Crippen LogP contribution >= 0.6 is 7.60 Å². The zero-order valence-corrected chi connectivity index (χ0v) is 8.52. The van der Waals surface area contributed by atoms with Crippen molar-refractivity contribution in [2.24, 2.45) is 0 Å². The quantitative estimate of drug-likeness (QED) is 0.439. The first kappa shape index (κ1) is 13.1. The molecule has 0 aromatic carbocycles. The molecular formula is C6H11O7P. The molecule has 8 heteroatoms. The molecule has 7 nitrogen and oxygen atoms in total. The van der Waals surface area contributed by atoms with Crippen molar-refractivity contribution in [2.45, 2.75) is 18.5 Å². The number of ether oxygens (including phenoxy) is 1. The lowest BCUT2D eigenvalue weighted by atomic mass is 10.1. The molecule has 0 saturated carbocycles. The van der Waals surface area contributed by atoms with Crippen molar-refractivity contribution >= 4 is 19.5 Å². The molecule has 1 atom stereocenters. The highest BCUT2D eigenvalue weighted by Gasteiger charge is 2.52. The second-order valence-corrected chi connectivity index (χ2v) is 4.96. The summed E-state index contributed by atoms with van der Waals surface area (Å²) < 4.78 is 15.1. The summed E-state index contributed by atoms with van der Waals surface area (Å²) in [6.07, 6.45) is -0.982. The molecule has 0 aromatic rings. The van der Waals surface area contributed by atoms with Crippen LogP contribution in [0.3, 0.4) is 0 Å². The van der Waals surface area contributed by atoms with Gasteiger partial charge in [0.25, 0.3) is 0 Å². The van der Waals surface area contributed by atoms with Crippen LogP contribution in [-0.4, -0.2) is 39.1 Å². The van der Waals surface area contributed by atoms with Gasteiger partial charge < -0.3 is 19.6 Å². The Kier molecular flexibility index (Phi) is 3.81. The van der Waals surface area contributed by atoms with Crippen molar-refractivity contribution in [2.75, 3.05) is 7.11 Å². The third-order valence-electron chi connectivity index (χ3n) is 1.76. The van der Waals surface area contributed by atoms with Gasteiger partial charge in [0.1, 0.15) is 0 Å². The number of hydrogen-bond acceptors (Lipinski definition) is 4.